The second kappa shape index (κ2) is 12.0. The maximum atomic E-state index is 12.6. The lowest BCUT2D eigenvalue weighted by atomic mass is 10.2. The van der Waals surface area contributed by atoms with E-state index in [-0.39, 0.29) is 29.9 Å². The van der Waals surface area contributed by atoms with E-state index in [4.69, 9.17) is 16.6 Å². The number of piperazine rings is 1. The van der Waals surface area contributed by atoms with Crippen LogP contribution in [0.5, 0.6) is 0 Å². The van der Waals surface area contributed by atoms with Gasteiger partial charge in [-0.1, -0.05) is 23.7 Å². The fourth-order valence-electron chi connectivity index (χ4n) is 3.15. The van der Waals surface area contributed by atoms with Gasteiger partial charge in [-0.15, -0.1) is 24.0 Å². The van der Waals surface area contributed by atoms with Crippen LogP contribution < -0.4 is 5.32 Å². The highest BCUT2D eigenvalue weighted by Crippen LogP contribution is 2.13. The number of hydrogen-bond donors (Lipinski definition) is 1. The molecule has 0 unspecified atom stereocenters. The molecule has 3 rings (SSSR count). The van der Waals surface area contributed by atoms with Gasteiger partial charge in [-0.05, 0) is 31.0 Å². The molecule has 1 aromatic heterocycles. The monoisotopic (exact) mass is 530 g/mol. The molecule has 1 N–H and O–H groups in total. The van der Waals surface area contributed by atoms with Crippen molar-refractivity contribution in [1.82, 2.24) is 24.7 Å². The van der Waals surface area contributed by atoms with E-state index in [0.717, 1.165) is 37.6 Å². The maximum Gasteiger partial charge on any atom is 0.242 e. The summed E-state index contributed by atoms with van der Waals surface area (Å²) in [5.74, 6) is 0.929. The van der Waals surface area contributed by atoms with E-state index in [1.54, 1.807) is 6.20 Å². The highest BCUT2D eigenvalue weighted by molar-refractivity contribution is 14.0. The topological polar surface area (TPSA) is 65.8 Å². The Balaban J connectivity index is 0.00000300. The number of nitrogens with one attached hydrogen (secondary N) is 1. The number of nitrogens with zero attached hydrogens (tertiary/aromatic N) is 5. The third kappa shape index (κ3) is 7.18. The van der Waals surface area contributed by atoms with Gasteiger partial charge in [0.05, 0.1) is 12.9 Å². The maximum absolute atomic E-state index is 12.6. The van der Waals surface area contributed by atoms with Crippen LogP contribution in [-0.4, -0.2) is 63.9 Å². The van der Waals surface area contributed by atoms with Gasteiger partial charge >= 0.3 is 0 Å². The summed E-state index contributed by atoms with van der Waals surface area (Å²) in [5, 5.41) is 4.02. The molecule has 1 aliphatic heterocycles. The average molecular weight is 531 g/mol. The van der Waals surface area contributed by atoms with E-state index in [9.17, 15) is 4.79 Å². The smallest absolute Gasteiger partial charge is 0.242 e. The zero-order chi connectivity index (χ0) is 19.8. The predicted molar refractivity (Wildman–Crippen MR) is 127 cm³/mol. The van der Waals surface area contributed by atoms with Crippen LogP contribution in [-0.2, 0) is 17.9 Å². The molecular formula is C20H28ClIN6O. The SMILES string of the molecule is CCNC(=NCCCn1ccnc1)N1CCN(Cc2ccc(Cl)cc2)C(=O)C1.I. The van der Waals surface area contributed by atoms with Crippen molar-refractivity contribution in [2.24, 2.45) is 4.99 Å². The lowest BCUT2D eigenvalue weighted by Gasteiger charge is -2.36. The molecule has 1 aliphatic rings. The van der Waals surface area contributed by atoms with Crippen molar-refractivity contribution in [3.63, 3.8) is 0 Å². The van der Waals surface area contributed by atoms with Gasteiger partial charge in [0.2, 0.25) is 5.91 Å². The number of amides is 1. The minimum absolute atomic E-state index is 0. The van der Waals surface area contributed by atoms with Crippen molar-refractivity contribution in [1.29, 1.82) is 0 Å². The zero-order valence-electron chi connectivity index (χ0n) is 16.6. The van der Waals surface area contributed by atoms with Gasteiger partial charge < -0.3 is 19.7 Å². The van der Waals surface area contributed by atoms with Gasteiger partial charge in [-0.25, -0.2) is 4.98 Å². The molecule has 0 bridgehead atoms. The summed E-state index contributed by atoms with van der Waals surface area (Å²) in [6.45, 7) is 6.83. The lowest BCUT2D eigenvalue weighted by molar-refractivity contribution is -0.135. The highest BCUT2D eigenvalue weighted by Gasteiger charge is 2.25. The van der Waals surface area contributed by atoms with Crippen LogP contribution in [0.3, 0.4) is 0 Å². The van der Waals surface area contributed by atoms with Crippen LogP contribution in [0.1, 0.15) is 18.9 Å². The van der Waals surface area contributed by atoms with E-state index in [0.29, 0.717) is 31.2 Å². The van der Waals surface area contributed by atoms with Crippen LogP contribution >= 0.6 is 35.6 Å². The van der Waals surface area contributed by atoms with Gasteiger partial charge in [0, 0.05) is 56.7 Å². The molecular weight excluding hydrogens is 503 g/mol. The Morgan fingerprint density at radius 3 is 2.72 bits per heavy atom. The first-order chi connectivity index (χ1) is 13.7. The lowest BCUT2D eigenvalue weighted by Crippen LogP contribution is -2.55. The number of imidazole rings is 1. The van der Waals surface area contributed by atoms with Gasteiger partial charge in [0.1, 0.15) is 0 Å². The molecule has 2 heterocycles. The minimum Gasteiger partial charge on any atom is -0.357 e. The second-order valence-electron chi connectivity index (χ2n) is 6.75. The summed E-state index contributed by atoms with van der Waals surface area (Å²) < 4.78 is 2.04. The third-order valence-electron chi connectivity index (χ3n) is 4.63. The van der Waals surface area contributed by atoms with Crippen LogP contribution in [0, 0.1) is 0 Å². The molecule has 9 heteroatoms. The summed E-state index contributed by atoms with van der Waals surface area (Å²) in [6, 6.07) is 7.65. The van der Waals surface area contributed by atoms with E-state index < -0.39 is 0 Å². The number of carbonyl (C=O) groups is 1. The van der Waals surface area contributed by atoms with Gasteiger partial charge in [0.15, 0.2) is 5.96 Å². The van der Waals surface area contributed by atoms with Crippen molar-refractivity contribution in [3.8, 4) is 0 Å². The first kappa shape index (κ1) is 23.5. The number of halogens is 2. The van der Waals surface area contributed by atoms with Gasteiger partial charge in [-0.3, -0.25) is 9.79 Å². The molecule has 7 nitrogen and oxygen atoms in total. The van der Waals surface area contributed by atoms with Gasteiger partial charge in [0.25, 0.3) is 0 Å². The number of rotatable bonds is 7. The average Bonchev–Trinajstić information content (AvgIpc) is 3.21. The van der Waals surface area contributed by atoms with Crippen LogP contribution in [0.15, 0.2) is 48.0 Å². The van der Waals surface area contributed by atoms with E-state index in [2.05, 4.69) is 10.3 Å². The molecule has 1 amide bonds. The fourth-order valence-corrected chi connectivity index (χ4v) is 3.28. The molecule has 1 saturated heterocycles. The van der Waals surface area contributed by atoms with Crippen LogP contribution in [0.2, 0.25) is 5.02 Å². The highest BCUT2D eigenvalue weighted by atomic mass is 127. The van der Waals surface area contributed by atoms with E-state index in [1.165, 1.54) is 0 Å². The zero-order valence-corrected chi connectivity index (χ0v) is 19.7. The Kier molecular flexibility index (Phi) is 9.72. The normalized spacial score (nSPS) is 14.7. The molecule has 1 aromatic carbocycles. The fraction of sp³-hybridized carbons (Fsp3) is 0.450. The van der Waals surface area contributed by atoms with Crippen molar-refractivity contribution in [2.75, 3.05) is 32.7 Å². The second-order valence-corrected chi connectivity index (χ2v) is 7.19. The number of carbonyl (C=O) groups excluding carboxylic acids is 1. The Bertz CT molecular complexity index is 781. The molecule has 158 valence electrons. The molecule has 0 spiro atoms. The van der Waals surface area contributed by atoms with Crippen molar-refractivity contribution in [3.05, 3.63) is 53.6 Å². The predicted octanol–water partition coefficient (Wildman–Crippen LogP) is 2.85. The Morgan fingerprint density at radius 2 is 2.07 bits per heavy atom. The standard InChI is InChI=1S/C20H27ClN6O.HI/c1-2-23-20(24-8-3-10-25-11-9-22-16-25)27-13-12-26(19(28)15-27)14-17-4-6-18(21)7-5-17;/h4-7,9,11,16H,2-3,8,10,12-15H2,1H3,(H,23,24);1H. The summed E-state index contributed by atoms with van der Waals surface area (Å²) in [5.41, 5.74) is 1.09. The number of hydrogen-bond acceptors (Lipinski definition) is 3. The molecule has 0 saturated carbocycles. The number of guanidine groups is 1. The quantitative estimate of drug-likeness (QED) is 0.259. The van der Waals surface area contributed by atoms with E-state index >= 15 is 0 Å². The largest absolute Gasteiger partial charge is 0.357 e. The molecule has 0 aliphatic carbocycles. The number of aromatic nitrogens is 2. The Morgan fingerprint density at radius 1 is 1.28 bits per heavy atom. The summed E-state index contributed by atoms with van der Waals surface area (Å²) in [6.07, 6.45) is 6.47. The van der Waals surface area contributed by atoms with Gasteiger partial charge in [-0.2, -0.15) is 0 Å². The van der Waals surface area contributed by atoms with Crippen LogP contribution in [0.4, 0.5) is 0 Å². The number of aryl methyl sites for hydroxylation is 1. The Labute approximate surface area is 194 Å². The van der Waals surface area contributed by atoms with Crippen molar-refractivity contribution >= 4 is 47.4 Å². The van der Waals surface area contributed by atoms with E-state index in [1.807, 2.05) is 58.1 Å². The third-order valence-corrected chi connectivity index (χ3v) is 4.89. The first-order valence-electron chi connectivity index (χ1n) is 9.67. The molecule has 29 heavy (non-hydrogen) atoms. The summed E-state index contributed by atoms with van der Waals surface area (Å²) >= 11 is 5.94. The minimum atomic E-state index is 0. The number of aliphatic imine (C=N–C) groups is 1. The van der Waals surface area contributed by atoms with Crippen molar-refractivity contribution in [2.45, 2.75) is 26.4 Å². The molecule has 0 radical (unpaired) electrons. The molecule has 2 aromatic rings. The molecule has 1 fully saturated rings. The molecule has 0 atom stereocenters. The number of benzene rings is 1. The summed E-state index contributed by atoms with van der Waals surface area (Å²) in [4.78, 5) is 25.3. The summed E-state index contributed by atoms with van der Waals surface area (Å²) in [7, 11) is 0. The first-order valence-corrected chi connectivity index (χ1v) is 10.0. The van der Waals surface area contributed by atoms with Crippen LogP contribution in [0.25, 0.3) is 0 Å². The Hall–Kier alpha value is -1.81. The van der Waals surface area contributed by atoms with Crippen molar-refractivity contribution < 1.29 is 4.79 Å².